The van der Waals surface area contributed by atoms with Crippen LogP contribution < -0.4 is 9.62 Å². The van der Waals surface area contributed by atoms with Gasteiger partial charge in [0.2, 0.25) is 11.8 Å². The summed E-state index contributed by atoms with van der Waals surface area (Å²) in [5.74, 6) is -0.916. The summed E-state index contributed by atoms with van der Waals surface area (Å²) in [5, 5.41) is 3.84. The van der Waals surface area contributed by atoms with Crippen molar-refractivity contribution in [2.24, 2.45) is 0 Å². The van der Waals surface area contributed by atoms with Gasteiger partial charge in [-0.3, -0.25) is 13.9 Å². The molecule has 0 aliphatic carbocycles. The fraction of sp³-hybridized carbons (Fsp3) is 0.310. The minimum Gasteiger partial charge on any atom is -0.350 e. The van der Waals surface area contributed by atoms with E-state index in [1.165, 1.54) is 35.2 Å². The molecular weight excluding hydrogens is 593 g/mol. The molecule has 1 N–H and O–H groups in total. The fourth-order valence-electron chi connectivity index (χ4n) is 4.05. The zero-order chi connectivity index (χ0) is 29.7. The van der Waals surface area contributed by atoms with Crippen molar-refractivity contribution in [1.29, 1.82) is 0 Å². The lowest BCUT2D eigenvalue weighted by Gasteiger charge is -2.34. The summed E-state index contributed by atoms with van der Waals surface area (Å²) >= 11 is 18.4. The van der Waals surface area contributed by atoms with Crippen LogP contribution in [0.15, 0.2) is 77.7 Å². The number of nitrogens with one attached hydrogen (secondary N) is 1. The molecule has 3 rings (SSSR count). The zero-order valence-corrected chi connectivity index (χ0v) is 25.8. The van der Waals surface area contributed by atoms with Gasteiger partial charge >= 0.3 is 0 Å². The first-order valence-corrected chi connectivity index (χ1v) is 15.2. The standard InChI is InChI=1S/C29H32Cl3N3O4S/c1-5-26(28(37)33-29(2,3)4)34(18-20-11-13-21(30)14-12-20)27(36)19-35(22-15-16-24(31)25(32)17-22)40(38,39)23-9-7-6-8-10-23/h6-17,26H,5,18-19H2,1-4H3,(H,33,37)/t26-/m1/s1. The molecule has 214 valence electrons. The fourth-order valence-corrected chi connectivity index (χ4v) is 5.89. The van der Waals surface area contributed by atoms with Gasteiger partial charge in [-0.2, -0.15) is 0 Å². The lowest BCUT2D eigenvalue weighted by molar-refractivity contribution is -0.141. The third-order valence-corrected chi connectivity index (χ3v) is 8.73. The van der Waals surface area contributed by atoms with E-state index in [-0.39, 0.29) is 33.1 Å². The Hall–Kier alpha value is -2.78. The van der Waals surface area contributed by atoms with Crippen molar-refractivity contribution in [3.8, 4) is 0 Å². The van der Waals surface area contributed by atoms with E-state index in [1.807, 2.05) is 20.8 Å². The van der Waals surface area contributed by atoms with E-state index in [0.717, 1.165) is 9.87 Å². The second kappa shape index (κ2) is 13.3. The number of sulfonamides is 1. The van der Waals surface area contributed by atoms with Gasteiger partial charge in [0.15, 0.2) is 0 Å². The van der Waals surface area contributed by atoms with Gasteiger partial charge in [0, 0.05) is 17.1 Å². The molecule has 0 radical (unpaired) electrons. The summed E-state index contributed by atoms with van der Waals surface area (Å²) in [6.45, 7) is 6.82. The average molecular weight is 625 g/mol. The summed E-state index contributed by atoms with van der Waals surface area (Å²) in [5.41, 5.74) is 0.347. The van der Waals surface area contributed by atoms with Crippen molar-refractivity contribution < 1.29 is 18.0 Å². The van der Waals surface area contributed by atoms with Crippen LogP contribution in [0.5, 0.6) is 0 Å². The van der Waals surface area contributed by atoms with E-state index in [9.17, 15) is 18.0 Å². The van der Waals surface area contributed by atoms with Gasteiger partial charge in [0.1, 0.15) is 12.6 Å². The highest BCUT2D eigenvalue weighted by Gasteiger charge is 2.34. The highest BCUT2D eigenvalue weighted by molar-refractivity contribution is 7.92. The smallest absolute Gasteiger partial charge is 0.264 e. The topological polar surface area (TPSA) is 86.8 Å². The number of amides is 2. The van der Waals surface area contributed by atoms with Crippen molar-refractivity contribution >= 4 is 62.3 Å². The van der Waals surface area contributed by atoms with Gasteiger partial charge in [-0.15, -0.1) is 0 Å². The minimum absolute atomic E-state index is 0.00404. The molecule has 7 nitrogen and oxygen atoms in total. The van der Waals surface area contributed by atoms with Crippen LogP contribution in [-0.4, -0.2) is 43.3 Å². The number of carbonyl (C=O) groups excluding carboxylic acids is 2. The van der Waals surface area contributed by atoms with Crippen molar-refractivity contribution in [3.05, 3.63) is 93.4 Å². The van der Waals surface area contributed by atoms with Crippen LogP contribution in [0, 0.1) is 0 Å². The van der Waals surface area contributed by atoms with Crippen LogP contribution in [0.25, 0.3) is 0 Å². The maximum Gasteiger partial charge on any atom is 0.264 e. The summed E-state index contributed by atoms with van der Waals surface area (Å²) in [6.07, 6.45) is 0.305. The van der Waals surface area contributed by atoms with E-state index in [0.29, 0.717) is 11.4 Å². The van der Waals surface area contributed by atoms with Gasteiger partial charge in [-0.05, 0) is 75.2 Å². The number of rotatable bonds is 10. The lowest BCUT2D eigenvalue weighted by Crippen LogP contribution is -2.55. The average Bonchev–Trinajstić information content (AvgIpc) is 2.89. The van der Waals surface area contributed by atoms with Crippen LogP contribution in [-0.2, 0) is 26.2 Å². The Labute approximate surface area is 251 Å². The zero-order valence-electron chi connectivity index (χ0n) is 22.7. The molecule has 0 saturated carbocycles. The number of hydrogen-bond donors (Lipinski definition) is 1. The molecule has 2 amide bonds. The third-order valence-electron chi connectivity index (χ3n) is 5.95. The molecule has 40 heavy (non-hydrogen) atoms. The first-order valence-electron chi connectivity index (χ1n) is 12.6. The van der Waals surface area contributed by atoms with Gasteiger partial charge < -0.3 is 10.2 Å². The summed E-state index contributed by atoms with van der Waals surface area (Å²) in [4.78, 5) is 28.8. The molecule has 0 bridgehead atoms. The number of hydrogen-bond acceptors (Lipinski definition) is 4. The molecule has 0 heterocycles. The van der Waals surface area contributed by atoms with Crippen LogP contribution in [0.1, 0.15) is 39.7 Å². The first-order chi connectivity index (χ1) is 18.7. The van der Waals surface area contributed by atoms with Crippen molar-refractivity contribution in [3.63, 3.8) is 0 Å². The van der Waals surface area contributed by atoms with E-state index < -0.39 is 34.1 Å². The molecule has 0 saturated heterocycles. The Kier molecular flexibility index (Phi) is 10.5. The third kappa shape index (κ3) is 8.13. The number of nitrogens with zero attached hydrogens (tertiary/aromatic N) is 2. The van der Waals surface area contributed by atoms with Gasteiger partial charge in [-0.1, -0.05) is 72.1 Å². The largest absolute Gasteiger partial charge is 0.350 e. The molecule has 0 aliphatic rings. The second-order valence-electron chi connectivity index (χ2n) is 10.2. The van der Waals surface area contributed by atoms with Crippen LogP contribution in [0.4, 0.5) is 5.69 Å². The summed E-state index contributed by atoms with van der Waals surface area (Å²) < 4.78 is 28.6. The highest BCUT2D eigenvalue weighted by atomic mass is 35.5. The van der Waals surface area contributed by atoms with Crippen molar-refractivity contribution in [2.75, 3.05) is 10.8 Å². The van der Waals surface area contributed by atoms with E-state index in [4.69, 9.17) is 34.8 Å². The monoisotopic (exact) mass is 623 g/mol. The van der Waals surface area contributed by atoms with Gasteiger partial charge in [0.25, 0.3) is 10.0 Å². The molecule has 0 aliphatic heterocycles. The molecule has 0 aromatic heterocycles. The molecule has 0 spiro atoms. The quantitative estimate of drug-likeness (QED) is 0.277. The Morgan fingerprint density at radius 3 is 2.08 bits per heavy atom. The van der Waals surface area contributed by atoms with E-state index in [1.54, 1.807) is 49.4 Å². The first kappa shape index (κ1) is 31.7. The second-order valence-corrected chi connectivity index (χ2v) is 13.3. The molecule has 0 unspecified atom stereocenters. The SMILES string of the molecule is CC[C@H](C(=O)NC(C)(C)C)N(Cc1ccc(Cl)cc1)C(=O)CN(c1ccc(Cl)c(Cl)c1)S(=O)(=O)c1ccccc1. The molecule has 1 atom stereocenters. The summed E-state index contributed by atoms with van der Waals surface area (Å²) in [6, 6.07) is 18.2. The molecular formula is C29H32Cl3N3O4S. The molecule has 3 aromatic carbocycles. The molecule has 3 aromatic rings. The molecule has 11 heteroatoms. The Morgan fingerprint density at radius 1 is 0.900 bits per heavy atom. The lowest BCUT2D eigenvalue weighted by atomic mass is 10.1. The van der Waals surface area contributed by atoms with Gasteiger partial charge in [0.05, 0.1) is 20.6 Å². The van der Waals surface area contributed by atoms with Crippen LogP contribution >= 0.6 is 34.8 Å². The highest BCUT2D eigenvalue weighted by Crippen LogP contribution is 2.31. The molecule has 0 fully saturated rings. The minimum atomic E-state index is -4.21. The Morgan fingerprint density at radius 2 is 1.52 bits per heavy atom. The normalized spacial score (nSPS) is 12.5. The maximum atomic E-state index is 14.1. The number of carbonyl (C=O) groups is 2. The summed E-state index contributed by atoms with van der Waals surface area (Å²) in [7, 11) is -4.21. The Bertz CT molecular complexity index is 1440. The Balaban J connectivity index is 2.08. The maximum absolute atomic E-state index is 14.1. The van der Waals surface area contributed by atoms with E-state index in [2.05, 4.69) is 5.32 Å². The predicted molar refractivity (Wildman–Crippen MR) is 161 cm³/mol. The van der Waals surface area contributed by atoms with E-state index >= 15 is 0 Å². The van der Waals surface area contributed by atoms with Gasteiger partial charge in [-0.25, -0.2) is 8.42 Å². The van der Waals surface area contributed by atoms with Crippen molar-refractivity contribution in [1.82, 2.24) is 10.2 Å². The van der Waals surface area contributed by atoms with Crippen LogP contribution in [0.2, 0.25) is 15.1 Å². The van der Waals surface area contributed by atoms with Crippen molar-refractivity contribution in [2.45, 2.75) is 57.1 Å². The predicted octanol–water partition coefficient (Wildman–Crippen LogP) is 6.56. The number of anilines is 1. The number of benzene rings is 3. The van der Waals surface area contributed by atoms with Crippen LogP contribution in [0.3, 0.4) is 0 Å². The number of halogens is 3.